The Morgan fingerprint density at radius 2 is 1.67 bits per heavy atom. The molecule has 3 aliphatic heterocycles. The molecule has 2 bridgehead atoms. The van der Waals surface area contributed by atoms with E-state index in [9.17, 15) is 4.79 Å². The molecule has 2 aromatic rings. The lowest BCUT2D eigenvalue weighted by Crippen LogP contribution is -3.00. The summed E-state index contributed by atoms with van der Waals surface area (Å²) in [6.07, 6.45) is 0. The van der Waals surface area contributed by atoms with Gasteiger partial charge >= 0.3 is 0 Å². The summed E-state index contributed by atoms with van der Waals surface area (Å²) in [6, 6.07) is 15.8. The fraction of sp³-hybridized carbons (Fsp3) is 0.350. The molecule has 3 heterocycles. The summed E-state index contributed by atoms with van der Waals surface area (Å²) in [4.78, 5) is 17.4. The van der Waals surface area contributed by atoms with E-state index < -0.39 is 0 Å². The molecule has 27 heavy (non-hydrogen) atoms. The van der Waals surface area contributed by atoms with Gasteiger partial charge in [0.2, 0.25) is 0 Å². The van der Waals surface area contributed by atoms with E-state index in [0.717, 1.165) is 64.3 Å². The van der Waals surface area contributed by atoms with Crippen LogP contribution >= 0.6 is 23.4 Å². The third-order valence-electron chi connectivity index (χ3n) is 5.35. The van der Waals surface area contributed by atoms with Crippen LogP contribution in [-0.2, 0) is 4.79 Å². The number of benzene rings is 2. The smallest absolute Gasteiger partial charge is 0.279 e. The fourth-order valence-electron chi connectivity index (χ4n) is 3.75. The number of piperazine rings is 3. The van der Waals surface area contributed by atoms with Gasteiger partial charge in [-0.2, -0.15) is 0 Å². The van der Waals surface area contributed by atoms with E-state index in [2.05, 4.69) is 10.2 Å². The number of fused-ring (bicyclic) bond motifs is 3. The number of carbonyl (C=O) groups excluding carboxylic acids is 1. The van der Waals surface area contributed by atoms with Gasteiger partial charge in [-0.3, -0.25) is 9.69 Å². The van der Waals surface area contributed by atoms with Gasteiger partial charge in [-0.05, 0) is 36.4 Å². The van der Waals surface area contributed by atoms with Crippen molar-refractivity contribution in [1.29, 1.82) is 0 Å². The zero-order valence-corrected chi connectivity index (χ0v) is 17.4. The van der Waals surface area contributed by atoms with Crippen molar-refractivity contribution in [2.75, 3.05) is 51.1 Å². The molecular weight excluding hydrogens is 401 g/mol. The minimum Gasteiger partial charge on any atom is -1.00 e. The Morgan fingerprint density at radius 3 is 2.33 bits per heavy atom. The number of anilines is 1. The molecule has 1 amide bonds. The molecule has 0 radical (unpaired) electrons. The normalized spacial score (nSPS) is 23.5. The highest BCUT2D eigenvalue weighted by molar-refractivity contribution is 7.99. The number of hydrogen-bond donors (Lipinski definition) is 1. The highest BCUT2D eigenvalue weighted by atomic mass is 35.5. The zero-order chi connectivity index (χ0) is 18.0. The molecule has 3 aliphatic rings. The number of carbonyl (C=O) groups is 1. The van der Waals surface area contributed by atoms with Gasteiger partial charge in [0.25, 0.3) is 5.91 Å². The summed E-state index contributed by atoms with van der Waals surface area (Å²) in [7, 11) is 0. The first kappa shape index (κ1) is 20.5. The molecule has 0 saturated carbocycles. The zero-order valence-electron chi connectivity index (χ0n) is 15.0. The Hall–Kier alpha value is -1.24. The van der Waals surface area contributed by atoms with E-state index in [1.807, 2.05) is 48.5 Å². The molecule has 2 aromatic carbocycles. The molecule has 144 valence electrons. The maximum atomic E-state index is 12.7. The van der Waals surface area contributed by atoms with Crippen molar-refractivity contribution in [2.45, 2.75) is 9.79 Å². The van der Waals surface area contributed by atoms with Gasteiger partial charge in [-0.25, -0.2) is 0 Å². The molecular formula is C20H23Cl2N3OS. The Morgan fingerprint density at radius 1 is 1.04 bits per heavy atom. The fourth-order valence-corrected chi connectivity index (χ4v) is 4.78. The van der Waals surface area contributed by atoms with E-state index in [0.29, 0.717) is 6.54 Å². The first-order valence-electron chi connectivity index (χ1n) is 9.02. The topological polar surface area (TPSA) is 32.3 Å². The van der Waals surface area contributed by atoms with Crippen LogP contribution in [0.2, 0.25) is 5.02 Å². The number of amides is 1. The van der Waals surface area contributed by atoms with Crippen LogP contribution in [0.3, 0.4) is 0 Å². The van der Waals surface area contributed by atoms with Crippen molar-refractivity contribution in [3.05, 3.63) is 53.6 Å². The van der Waals surface area contributed by atoms with Crippen LogP contribution in [0.25, 0.3) is 0 Å². The molecule has 3 saturated heterocycles. The lowest BCUT2D eigenvalue weighted by molar-refractivity contribution is -0.933. The summed E-state index contributed by atoms with van der Waals surface area (Å²) < 4.78 is 0.939. The monoisotopic (exact) mass is 423 g/mol. The SMILES string of the molecule is O=C(C[N+]12CCN(CC1)CC2)Nc1ccccc1Sc1ccc(Cl)cc1.[Cl-]. The number of quaternary nitrogens is 1. The maximum absolute atomic E-state index is 12.7. The number of nitrogens with zero attached hydrogens (tertiary/aromatic N) is 2. The van der Waals surface area contributed by atoms with Crippen LogP contribution in [0.5, 0.6) is 0 Å². The average Bonchev–Trinajstić information content (AvgIpc) is 2.66. The second kappa shape index (κ2) is 8.84. The first-order chi connectivity index (χ1) is 12.6. The number of halogens is 2. The highest BCUT2D eigenvalue weighted by Gasteiger charge is 2.39. The van der Waals surface area contributed by atoms with Gasteiger partial charge in [0.1, 0.15) is 0 Å². The minimum absolute atomic E-state index is 0. The molecule has 4 nitrogen and oxygen atoms in total. The second-order valence-electron chi connectivity index (χ2n) is 7.11. The minimum atomic E-state index is 0. The van der Waals surface area contributed by atoms with E-state index in [-0.39, 0.29) is 18.3 Å². The molecule has 0 atom stereocenters. The molecule has 1 N–H and O–H groups in total. The average molecular weight is 424 g/mol. The third-order valence-corrected chi connectivity index (χ3v) is 6.69. The quantitative estimate of drug-likeness (QED) is 0.713. The summed E-state index contributed by atoms with van der Waals surface area (Å²) in [5, 5.41) is 3.88. The Bertz CT molecular complexity index is 778. The van der Waals surface area contributed by atoms with Crippen LogP contribution < -0.4 is 17.7 Å². The molecule has 0 unspecified atom stereocenters. The van der Waals surface area contributed by atoms with E-state index in [1.54, 1.807) is 11.8 Å². The predicted molar refractivity (Wildman–Crippen MR) is 107 cm³/mol. The van der Waals surface area contributed by atoms with Crippen LogP contribution in [0.4, 0.5) is 5.69 Å². The van der Waals surface area contributed by atoms with Crippen molar-refractivity contribution in [1.82, 2.24) is 4.90 Å². The van der Waals surface area contributed by atoms with Gasteiger partial charge in [0, 0.05) is 34.4 Å². The third kappa shape index (κ3) is 4.98. The van der Waals surface area contributed by atoms with Crippen molar-refractivity contribution >= 4 is 35.0 Å². The van der Waals surface area contributed by atoms with Gasteiger partial charge in [-0.1, -0.05) is 35.5 Å². The van der Waals surface area contributed by atoms with Gasteiger partial charge < -0.3 is 22.2 Å². The molecule has 0 aromatic heterocycles. The second-order valence-corrected chi connectivity index (χ2v) is 8.66. The van der Waals surface area contributed by atoms with Gasteiger partial charge in [0.05, 0.1) is 25.3 Å². The number of para-hydroxylation sites is 1. The van der Waals surface area contributed by atoms with Crippen molar-refractivity contribution in [2.24, 2.45) is 0 Å². The van der Waals surface area contributed by atoms with E-state index in [1.165, 1.54) is 0 Å². The molecule has 0 aliphatic carbocycles. The summed E-state index contributed by atoms with van der Waals surface area (Å²) in [5.41, 5.74) is 0.881. The number of hydrogen-bond acceptors (Lipinski definition) is 3. The van der Waals surface area contributed by atoms with E-state index in [4.69, 9.17) is 11.6 Å². The molecule has 0 spiro atoms. The predicted octanol–water partition coefficient (Wildman–Crippen LogP) is 0.580. The first-order valence-corrected chi connectivity index (χ1v) is 10.2. The summed E-state index contributed by atoms with van der Waals surface area (Å²) in [5.74, 6) is 0.115. The number of rotatable bonds is 5. The Balaban J connectivity index is 0.00000210. The molecule has 3 fully saturated rings. The summed E-state index contributed by atoms with van der Waals surface area (Å²) in [6.45, 7) is 7.22. The van der Waals surface area contributed by atoms with Crippen LogP contribution in [0.15, 0.2) is 58.3 Å². The van der Waals surface area contributed by atoms with Crippen molar-refractivity contribution in [3.8, 4) is 0 Å². The van der Waals surface area contributed by atoms with Gasteiger partial charge in [0.15, 0.2) is 6.54 Å². The summed E-state index contributed by atoms with van der Waals surface area (Å²) >= 11 is 7.61. The molecule has 5 rings (SSSR count). The highest BCUT2D eigenvalue weighted by Crippen LogP contribution is 2.34. The largest absolute Gasteiger partial charge is 1.00 e. The van der Waals surface area contributed by atoms with Crippen molar-refractivity contribution < 1.29 is 21.7 Å². The Labute approximate surface area is 175 Å². The van der Waals surface area contributed by atoms with Crippen LogP contribution in [0.1, 0.15) is 0 Å². The standard InChI is InChI=1S/C20H22ClN3OS.ClH/c21-16-5-7-17(8-6-16)26-19-4-2-1-3-18(19)22-20(25)15-24-12-9-23(10-13-24)11-14-24;/h1-8H,9-15H2;1H. The lowest BCUT2D eigenvalue weighted by atomic mass is 10.1. The van der Waals surface area contributed by atoms with Gasteiger partial charge in [-0.15, -0.1) is 0 Å². The maximum Gasteiger partial charge on any atom is 0.279 e. The lowest BCUT2D eigenvalue weighted by Gasteiger charge is -2.50. The number of nitrogens with one attached hydrogen (secondary N) is 1. The van der Waals surface area contributed by atoms with Crippen LogP contribution in [-0.4, -0.2) is 61.1 Å². The van der Waals surface area contributed by atoms with Crippen molar-refractivity contribution in [3.63, 3.8) is 0 Å². The van der Waals surface area contributed by atoms with Crippen LogP contribution in [0, 0.1) is 0 Å². The van der Waals surface area contributed by atoms with E-state index >= 15 is 0 Å². The molecule has 7 heteroatoms. The Kier molecular flexibility index (Phi) is 6.71.